The van der Waals surface area contributed by atoms with Crippen molar-refractivity contribution in [2.24, 2.45) is 0 Å². The first-order valence-corrected chi connectivity index (χ1v) is 35.5. The molecule has 1 unspecified atom stereocenters. The molecule has 0 aromatic rings. The lowest BCUT2D eigenvalue weighted by atomic mass is 10.0. The molecule has 0 aromatic heterocycles. The van der Waals surface area contributed by atoms with Gasteiger partial charge in [0.2, 0.25) is 0 Å². The summed E-state index contributed by atoms with van der Waals surface area (Å²) in [4.78, 5) is 38.3. The highest BCUT2D eigenvalue weighted by atomic mass is 16.6. The minimum atomic E-state index is -0.772. The summed E-state index contributed by atoms with van der Waals surface area (Å²) in [6.45, 7) is 6.67. The minimum absolute atomic E-state index is 0.0692. The van der Waals surface area contributed by atoms with Crippen molar-refractivity contribution in [3.05, 3.63) is 36.5 Å². The topological polar surface area (TPSA) is 78.9 Å². The zero-order valence-electron chi connectivity index (χ0n) is 53.4. The van der Waals surface area contributed by atoms with E-state index in [9.17, 15) is 14.4 Å². The molecule has 0 bridgehead atoms. The number of hydrogen-bond donors (Lipinski definition) is 0. The van der Waals surface area contributed by atoms with Crippen LogP contribution in [0.5, 0.6) is 0 Å². The Morgan fingerprint density at radius 1 is 0.253 bits per heavy atom. The molecule has 0 radical (unpaired) electrons. The van der Waals surface area contributed by atoms with Crippen LogP contribution in [0.2, 0.25) is 0 Å². The molecule has 0 aliphatic rings. The summed E-state index contributed by atoms with van der Waals surface area (Å²) < 4.78 is 16.9. The van der Waals surface area contributed by atoms with Crippen LogP contribution in [-0.4, -0.2) is 37.2 Å². The predicted octanol–water partition coefficient (Wildman–Crippen LogP) is 24.3. The van der Waals surface area contributed by atoms with Gasteiger partial charge in [-0.2, -0.15) is 0 Å². The van der Waals surface area contributed by atoms with E-state index in [0.29, 0.717) is 19.3 Å². The second-order valence-corrected chi connectivity index (χ2v) is 24.1. The Kier molecular flexibility index (Phi) is 66.1. The van der Waals surface area contributed by atoms with Gasteiger partial charge in [-0.25, -0.2) is 0 Å². The molecule has 79 heavy (non-hydrogen) atoms. The Labute approximate surface area is 493 Å². The summed E-state index contributed by atoms with van der Waals surface area (Å²) in [7, 11) is 0. The van der Waals surface area contributed by atoms with E-state index < -0.39 is 6.10 Å². The van der Waals surface area contributed by atoms with E-state index in [0.717, 1.165) is 70.6 Å². The van der Waals surface area contributed by atoms with Gasteiger partial charge in [-0.3, -0.25) is 14.4 Å². The summed E-state index contributed by atoms with van der Waals surface area (Å²) in [5.74, 6) is -0.852. The van der Waals surface area contributed by atoms with E-state index >= 15 is 0 Å². The van der Waals surface area contributed by atoms with Crippen LogP contribution in [0.1, 0.15) is 393 Å². The zero-order chi connectivity index (χ0) is 57.1. The fourth-order valence-corrected chi connectivity index (χ4v) is 10.8. The third-order valence-electron chi connectivity index (χ3n) is 16.1. The Morgan fingerprint density at radius 2 is 0.456 bits per heavy atom. The van der Waals surface area contributed by atoms with Crippen molar-refractivity contribution >= 4 is 17.9 Å². The van der Waals surface area contributed by atoms with Crippen molar-refractivity contribution in [3.63, 3.8) is 0 Å². The SMILES string of the molecule is CCCCCCC/C=C\C/C=C\CCCCCCCCCCCCCCCCCCCCCCCCCC(=O)OCC(COC(=O)CCCCCCCCCCCCCC)OC(=O)CCCCCCC/C=C\CCCCCCC. The predicted molar refractivity (Wildman–Crippen MR) is 344 cm³/mol. The molecule has 1 atom stereocenters. The van der Waals surface area contributed by atoms with Crippen LogP contribution >= 0.6 is 0 Å². The molecule has 0 aliphatic carbocycles. The average molecular weight is 1110 g/mol. The van der Waals surface area contributed by atoms with Crippen molar-refractivity contribution in [1.29, 1.82) is 0 Å². The first-order valence-electron chi connectivity index (χ1n) is 35.5. The summed E-state index contributed by atoms with van der Waals surface area (Å²) in [5.41, 5.74) is 0. The van der Waals surface area contributed by atoms with Crippen molar-refractivity contribution in [2.75, 3.05) is 13.2 Å². The molecule has 0 heterocycles. The molecule has 0 aliphatic heterocycles. The van der Waals surface area contributed by atoms with E-state index in [4.69, 9.17) is 14.2 Å². The lowest BCUT2D eigenvalue weighted by molar-refractivity contribution is -0.167. The van der Waals surface area contributed by atoms with Gasteiger partial charge in [-0.15, -0.1) is 0 Å². The number of esters is 3. The minimum Gasteiger partial charge on any atom is -0.462 e. The van der Waals surface area contributed by atoms with E-state index in [-0.39, 0.29) is 31.1 Å². The molecule has 0 amide bonds. The highest BCUT2D eigenvalue weighted by Crippen LogP contribution is 2.18. The van der Waals surface area contributed by atoms with Gasteiger partial charge in [0.15, 0.2) is 6.10 Å². The van der Waals surface area contributed by atoms with E-state index in [2.05, 4.69) is 57.2 Å². The molecule has 6 nitrogen and oxygen atoms in total. The maximum atomic E-state index is 12.9. The first kappa shape index (κ1) is 76.6. The first-order chi connectivity index (χ1) is 39.0. The van der Waals surface area contributed by atoms with Crippen LogP contribution in [-0.2, 0) is 28.6 Å². The number of carbonyl (C=O) groups excluding carboxylic acids is 3. The van der Waals surface area contributed by atoms with Crippen LogP contribution in [0.15, 0.2) is 36.5 Å². The quantitative estimate of drug-likeness (QED) is 0.0261. The number of rotatable bonds is 66. The molecule has 6 heteroatoms. The molecule has 464 valence electrons. The number of carbonyl (C=O) groups is 3. The number of unbranched alkanes of at least 4 members (excludes halogenated alkanes) is 49. The van der Waals surface area contributed by atoms with Crippen LogP contribution in [0.4, 0.5) is 0 Å². The summed E-state index contributed by atoms with van der Waals surface area (Å²) >= 11 is 0. The van der Waals surface area contributed by atoms with E-state index in [1.165, 1.54) is 283 Å². The third-order valence-corrected chi connectivity index (χ3v) is 16.1. The van der Waals surface area contributed by atoms with Gasteiger partial charge in [0.25, 0.3) is 0 Å². The van der Waals surface area contributed by atoms with Crippen molar-refractivity contribution < 1.29 is 28.6 Å². The molecular weight excluding hydrogens is 973 g/mol. The Morgan fingerprint density at radius 3 is 0.709 bits per heavy atom. The van der Waals surface area contributed by atoms with Gasteiger partial charge in [0, 0.05) is 19.3 Å². The summed E-state index contributed by atoms with van der Waals surface area (Å²) in [6.07, 6.45) is 84.8. The Balaban J connectivity index is 4.02. The van der Waals surface area contributed by atoms with Crippen LogP contribution in [0.25, 0.3) is 0 Å². The summed E-state index contributed by atoms with van der Waals surface area (Å²) in [5, 5.41) is 0. The van der Waals surface area contributed by atoms with Crippen molar-refractivity contribution in [1.82, 2.24) is 0 Å². The Hall–Kier alpha value is -2.37. The lowest BCUT2D eigenvalue weighted by Gasteiger charge is -2.18. The number of allylic oxidation sites excluding steroid dienone is 6. The van der Waals surface area contributed by atoms with Gasteiger partial charge in [0.05, 0.1) is 0 Å². The maximum Gasteiger partial charge on any atom is 0.306 e. The van der Waals surface area contributed by atoms with Crippen LogP contribution in [0.3, 0.4) is 0 Å². The number of ether oxygens (including phenoxy) is 3. The normalized spacial score (nSPS) is 12.2. The van der Waals surface area contributed by atoms with Gasteiger partial charge >= 0.3 is 17.9 Å². The smallest absolute Gasteiger partial charge is 0.306 e. The standard InChI is InChI=1S/C73H136O6/c1-4-7-10-13-16-19-22-25-27-28-29-30-31-32-33-34-35-36-37-38-39-40-41-42-43-44-45-46-47-49-51-54-57-60-63-66-72(75)78-69-70(68-77-71(74)65-62-59-56-53-50-24-21-18-15-12-9-6-3)79-73(76)67-64-61-58-55-52-48-26-23-20-17-14-11-8-5-2/h22-23,25-26,28-29,70H,4-21,24,27,30-69H2,1-3H3/b25-22-,26-23-,29-28-. The second kappa shape index (κ2) is 68.1. The average Bonchev–Trinajstić information content (AvgIpc) is 3.45. The molecule has 0 fully saturated rings. The Bertz CT molecular complexity index is 1320. The zero-order valence-corrected chi connectivity index (χ0v) is 53.4. The molecule has 0 spiro atoms. The molecule has 0 saturated carbocycles. The largest absolute Gasteiger partial charge is 0.462 e. The fraction of sp³-hybridized carbons (Fsp3) is 0.877. The van der Waals surface area contributed by atoms with E-state index in [1.807, 2.05) is 0 Å². The van der Waals surface area contributed by atoms with Gasteiger partial charge in [-0.05, 0) is 77.0 Å². The fourth-order valence-electron chi connectivity index (χ4n) is 10.8. The van der Waals surface area contributed by atoms with Gasteiger partial charge < -0.3 is 14.2 Å². The van der Waals surface area contributed by atoms with Crippen molar-refractivity contribution in [2.45, 2.75) is 399 Å². The van der Waals surface area contributed by atoms with Crippen molar-refractivity contribution in [3.8, 4) is 0 Å². The molecule has 0 rings (SSSR count). The highest BCUT2D eigenvalue weighted by Gasteiger charge is 2.19. The molecule has 0 aromatic carbocycles. The van der Waals surface area contributed by atoms with Crippen LogP contribution < -0.4 is 0 Å². The van der Waals surface area contributed by atoms with Gasteiger partial charge in [-0.1, -0.05) is 333 Å². The summed E-state index contributed by atoms with van der Waals surface area (Å²) in [6, 6.07) is 0. The molecule has 0 saturated heterocycles. The van der Waals surface area contributed by atoms with Crippen LogP contribution in [0, 0.1) is 0 Å². The van der Waals surface area contributed by atoms with E-state index in [1.54, 1.807) is 0 Å². The van der Waals surface area contributed by atoms with Gasteiger partial charge in [0.1, 0.15) is 13.2 Å². The lowest BCUT2D eigenvalue weighted by Crippen LogP contribution is -2.30. The number of hydrogen-bond acceptors (Lipinski definition) is 6. The highest BCUT2D eigenvalue weighted by molar-refractivity contribution is 5.71. The monoisotopic (exact) mass is 1110 g/mol. The third kappa shape index (κ3) is 66.3. The maximum absolute atomic E-state index is 12.9. The molecular formula is C73H136O6. The molecule has 0 N–H and O–H groups in total. The second-order valence-electron chi connectivity index (χ2n) is 24.1.